The first-order chi connectivity index (χ1) is 7.69. The van der Waals surface area contributed by atoms with E-state index in [2.05, 4.69) is 10.3 Å². The fourth-order valence-corrected chi connectivity index (χ4v) is 1.57. The first kappa shape index (κ1) is 12.8. The highest BCUT2D eigenvalue weighted by Crippen LogP contribution is 2.20. The number of hydrogen-bond acceptors (Lipinski definition) is 4. The molecule has 0 aromatic carbocycles. The molecule has 0 unspecified atom stereocenters. The van der Waals surface area contributed by atoms with Gasteiger partial charge in [0.05, 0.1) is 5.56 Å². The van der Waals surface area contributed by atoms with Crippen molar-refractivity contribution in [2.45, 2.75) is 13.3 Å². The second kappa shape index (κ2) is 6.31. The summed E-state index contributed by atoms with van der Waals surface area (Å²) in [5, 5.41) is 12.2. The average Bonchev–Trinajstić information content (AvgIpc) is 2.24. The van der Waals surface area contributed by atoms with Crippen molar-refractivity contribution in [3.05, 3.63) is 22.3 Å². The molecule has 1 N–H and O–H groups in total. The molecule has 0 spiro atoms. The number of nitrogens with one attached hydrogen (secondary N) is 1. The minimum Gasteiger partial charge on any atom is -0.385 e. The Labute approximate surface area is 100 Å². The molecule has 0 radical (unpaired) electrons. The smallest absolute Gasteiger partial charge is 0.149 e. The SMILES string of the molecule is COCCCNc1cc(C)c(C#N)c(Cl)n1. The van der Waals surface area contributed by atoms with Gasteiger partial charge in [0, 0.05) is 20.3 Å². The Morgan fingerprint density at radius 3 is 2.94 bits per heavy atom. The molecule has 86 valence electrons. The van der Waals surface area contributed by atoms with Crippen LogP contribution < -0.4 is 5.32 Å². The Morgan fingerprint density at radius 1 is 1.62 bits per heavy atom. The first-order valence-electron chi connectivity index (χ1n) is 4.99. The third-order valence-corrected chi connectivity index (χ3v) is 2.39. The lowest BCUT2D eigenvalue weighted by molar-refractivity contribution is 0.198. The highest BCUT2D eigenvalue weighted by Gasteiger charge is 2.06. The molecule has 0 saturated heterocycles. The second-order valence-electron chi connectivity index (χ2n) is 3.38. The van der Waals surface area contributed by atoms with Gasteiger partial charge in [-0.1, -0.05) is 11.6 Å². The van der Waals surface area contributed by atoms with Gasteiger partial charge in [-0.2, -0.15) is 5.26 Å². The summed E-state index contributed by atoms with van der Waals surface area (Å²) in [6, 6.07) is 3.84. The molecule has 0 saturated carbocycles. The number of aromatic nitrogens is 1. The van der Waals surface area contributed by atoms with Gasteiger partial charge in [-0.25, -0.2) is 4.98 Å². The summed E-state index contributed by atoms with van der Waals surface area (Å²) < 4.78 is 4.93. The Hall–Kier alpha value is -1.31. The number of anilines is 1. The van der Waals surface area contributed by atoms with Crippen molar-refractivity contribution >= 4 is 17.4 Å². The maximum absolute atomic E-state index is 8.82. The molecular weight excluding hydrogens is 226 g/mol. The quantitative estimate of drug-likeness (QED) is 0.633. The molecule has 0 bridgehead atoms. The molecule has 0 aliphatic rings. The Balaban J connectivity index is 2.66. The fraction of sp³-hybridized carbons (Fsp3) is 0.455. The van der Waals surface area contributed by atoms with Crippen LogP contribution in [0.2, 0.25) is 5.15 Å². The Kier molecular flexibility index (Phi) is 5.03. The number of rotatable bonds is 5. The lowest BCUT2D eigenvalue weighted by Crippen LogP contribution is -2.06. The van der Waals surface area contributed by atoms with Crippen LogP contribution in [-0.4, -0.2) is 25.2 Å². The van der Waals surface area contributed by atoms with E-state index in [4.69, 9.17) is 21.6 Å². The minimum atomic E-state index is 0.247. The molecule has 0 atom stereocenters. The lowest BCUT2D eigenvalue weighted by atomic mass is 10.2. The molecule has 4 nitrogen and oxygen atoms in total. The van der Waals surface area contributed by atoms with Crippen molar-refractivity contribution in [1.29, 1.82) is 5.26 Å². The molecule has 1 rings (SSSR count). The second-order valence-corrected chi connectivity index (χ2v) is 3.73. The van der Waals surface area contributed by atoms with Gasteiger partial charge < -0.3 is 10.1 Å². The summed E-state index contributed by atoms with van der Waals surface area (Å²) >= 11 is 5.88. The zero-order valence-electron chi connectivity index (χ0n) is 9.38. The van der Waals surface area contributed by atoms with Crippen LogP contribution in [0.4, 0.5) is 5.82 Å². The van der Waals surface area contributed by atoms with Crippen molar-refractivity contribution in [3.8, 4) is 6.07 Å². The van der Waals surface area contributed by atoms with E-state index in [0.717, 1.165) is 18.5 Å². The maximum Gasteiger partial charge on any atom is 0.149 e. The molecule has 16 heavy (non-hydrogen) atoms. The predicted octanol–water partition coefficient (Wildman–Crippen LogP) is 2.36. The standard InChI is InChI=1S/C11H14ClN3O/c1-8-6-10(14-4-3-5-16-2)15-11(12)9(8)7-13/h6H,3-5H2,1-2H3,(H,14,15). The summed E-state index contributed by atoms with van der Waals surface area (Å²) in [7, 11) is 1.67. The number of pyridine rings is 1. The number of aryl methyl sites for hydroxylation is 1. The monoisotopic (exact) mass is 239 g/mol. The van der Waals surface area contributed by atoms with E-state index in [-0.39, 0.29) is 5.15 Å². The summed E-state index contributed by atoms with van der Waals surface area (Å²) in [6.07, 6.45) is 0.898. The summed E-state index contributed by atoms with van der Waals surface area (Å²) in [6.45, 7) is 3.31. The van der Waals surface area contributed by atoms with Gasteiger partial charge in [0.15, 0.2) is 0 Å². The van der Waals surface area contributed by atoms with Crippen LogP contribution in [0.1, 0.15) is 17.5 Å². The molecular formula is C11H14ClN3O. The number of methoxy groups -OCH3 is 1. The van der Waals surface area contributed by atoms with Crippen LogP contribution in [0.25, 0.3) is 0 Å². The maximum atomic E-state index is 8.82. The molecule has 5 heteroatoms. The topological polar surface area (TPSA) is 57.9 Å². The highest BCUT2D eigenvalue weighted by molar-refractivity contribution is 6.30. The molecule has 0 fully saturated rings. The van der Waals surface area contributed by atoms with Gasteiger partial charge in [-0.05, 0) is 25.0 Å². The molecule has 0 aliphatic heterocycles. The van der Waals surface area contributed by atoms with Crippen molar-refractivity contribution in [3.63, 3.8) is 0 Å². The zero-order valence-corrected chi connectivity index (χ0v) is 10.1. The number of nitriles is 1. The van der Waals surface area contributed by atoms with E-state index in [9.17, 15) is 0 Å². The van der Waals surface area contributed by atoms with Crippen molar-refractivity contribution < 1.29 is 4.74 Å². The van der Waals surface area contributed by atoms with Crippen LogP contribution in [0.15, 0.2) is 6.07 Å². The van der Waals surface area contributed by atoms with E-state index in [1.165, 1.54) is 0 Å². The van der Waals surface area contributed by atoms with E-state index in [1.54, 1.807) is 7.11 Å². The van der Waals surface area contributed by atoms with Gasteiger partial charge in [0.1, 0.15) is 17.0 Å². The van der Waals surface area contributed by atoms with Crippen molar-refractivity contribution in [2.24, 2.45) is 0 Å². The molecule has 1 aromatic heterocycles. The molecule has 1 aromatic rings. The summed E-state index contributed by atoms with van der Waals surface area (Å²) in [5.41, 5.74) is 1.26. The van der Waals surface area contributed by atoms with Crippen LogP contribution in [0.3, 0.4) is 0 Å². The van der Waals surface area contributed by atoms with Crippen molar-refractivity contribution in [2.75, 3.05) is 25.6 Å². The molecule has 0 aliphatic carbocycles. The normalized spacial score (nSPS) is 9.88. The van der Waals surface area contributed by atoms with E-state index in [1.807, 2.05) is 19.1 Å². The van der Waals surface area contributed by atoms with E-state index >= 15 is 0 Å². The van der Waals surface area contributed by atoms with Gasteiger partial charge in [0.2, 0.25) is 0 Å². The number of ether oxygens (including phenoxy) is 1. The summed E-state index contributed by atoms with van der Waals surface area (Å²) in [5.74, 6) is 0.692. The number of nitrogens with zero attached hydrogens (tertiary/aromatic N) is 2. The van der Waals surface area contributed by atoms with Gasteiger partial charge in [-0.15, -0.1) is 0 Å². The van der Waals surface area contributed by atoms with E-state index < -0.39 is 0 Å². The predicted molar refractivity (Wildman–Crippen MR) is 63.7 cm³/mol. The Bertz CT molecular complexity index is 378. The number of halogens is 1. The first-order valence-corrected chi connectivity index (χ1v) is 5.37. The van der Waals surface area contributed by atoms with E-state index in [0.29, 0.717) is 18.0 Å². The summed E-state index contributed by atoms with van der Waals surface area (Å²) in [4.78, 5) is 4.09. The fourth-order valence-electron chi connectivity index (χ4n) is 1.29. The zero-order chi connectivity index (χ0) is 12.0. The lowest BCUT2D eigenvalue weighted by Gasteiger charge is -2.07. The van der Waals surface area contributed by atoms with Crippen LogP contribution in [0, 0.1) is 18.3 Å². The number of hydrogen-bond donors (Lipinski definition) is 1. The van der Waals surface area contributed by atoms with Gasteiger partial charge in [-0.3, -0.25) is 0 Å². The average molecular weight is 240 g/mol. The van der Waals surface area contributed by atoms with Crippen LogP contribution >= 0.6 is 11.6 Å². The van der Waals surface area contributed by atoms with Crippen LogP contribution in [0.5, 0.6) is 0 Å². The van der Waals surface area contributed by atoms with Gasteiger partial charge in [0.25, 0.3) is 0 Å². The highest BCUT2D eigenvalue weighted by atomic mass is 35.5. The Morgan fingerprint density at radius 2 is 2.38 bits per heavy atom. The minimum absolute atomic E-state index is 0.247. The van der Waals surface area contributed by atoms with Crippen LogP contribution in [-0.2, 0) is 4.74 Å². The third kappa shape index (κ3) is 3.37. The molecule has 1 heterocycles. The van der Waals surface area contributed by atoms with Gasteiger partial charge >= 0.3 is 0 Å². The third-order valence-electron chi connectivity index (χ3n) is 2.12. The largest absolute Gasteiger partial charge is 0.385 e. The molecule has 0 amide bonds. The van der Waals surface area contributed by atoms with Crippen molar-refractivity contribution in [1.82, 2.24) is 4.98 Å².